The minimum atomic E-state index is -0.528. The van der Waals surface area contributed by atoms with Crippen molar-refractivity contribution in [2.24, 2.45) is 5.92 Å². The molecule has 0 fully saturated rings. The zero-order chi connectivity index (χ0) is 32.9. The SMILES string of the molecule is CCCCCCCCCCCCCCCCOC(=O)C(CCCCCCCCCCCCCCCC)C(=O)CCCCCCC. The summed E-state index contributed by atoms with van der Waals surface area (Å²) in [4.78, 5) is 26.0. The molecule has 0 bridgehead atoms. The van der Waals surface area contributed by atoms with Crippen LogP contribution in [0.15, 0.2) is 0 Å². The van der Waals surface area contributed by atoms with Crippen molar-refractivity contribution in [3.8, 4) is 0 Å². The first-order chi connectivity index (χ1) is 22.2. The van der Waals surface area contributed by atoms with Crippen molar-refractivity contribution in [3.63, 3.8) is 0 Å². The Bertz CT molecular complexity index is 601. The standard InChI is InChI=1S/C42H82O3/c1-4-7-10-13-15-17-19-21-23-25-27-29-32-34-37-40(41(43)38-35-31-12-9-6-3)42(44)45-39-36-33-30-28-26-24-22-20-18-16-14-11-8-5-2/h40H,4-39H2,1-3H3. The van der Waals surface area contributed by atoms with Crippen LogP contribution in [0, 0.1) is 5.92 Å². The molecule has 0 saturated carbocycles. The van der Waals surface area contributed by atoms with Crippen LogP contribution in [0.5, 0.6) is 0 Å². The van der Waals surface area contributed by atoms with Crippen molar-refractivity contribution < 1.29 is 14.3 Å². The molecule has 3 nitrogen and oxygen atoms in total. The summed E-state index contributed by atoms with van der Waals surface area (Å²) in [5.74, 6) is -0.634. The summed E-state index contributed by atoms with van der Waals surface area (Å²) in [5.41, 5.74) is 0. The fourth-order valence-electron chi connectivity index (χ4n) is 6.60. The molecule has 0 aliphatic rings. The number of hydrogen-bond donors (Lipinski definition) is 0. The fraction of sp³-hybridized carbons (Fsp3) is 0.952. The van der Waals surface area contributed by atoms with Crippen molar-refractivity contribution in [2.45, 2.75) is 245 Å². The third-order valence-corrected chi connectivity index (χ3v) is 9.79. The molecule has 0 spiro atoms. The van der Waals surface area contributed by atoms with Crippen LogP contribution in [0.4, 0.5) is 0 Å². The van der Waals surface area contributed by atoms with Crippen LogP contribution >= 0.6 is 0 Å². The maximum absolute atomic E-state index is 13.0. The molecule has 268 valence electrons. The van der Waals surface area contributed by atoms with E-state index in [2.05, 4.69) is 20.8 Å². The van der Waals surface area contributed by atoms with Gasteiger partial charge in [-0.05, 0) is 19.3 Å². The highest BCUT2D eigenvalue weighted by Crippen LogP contribution is 2.20. The Hall–Kier alpha value is -0.860. The topological polar surface area (TPSA) is 43.4 Å². The summed E-state index contributed by atoms with van der Waals surface area (Å²) in [7, 11) is 0. The summed E-state index contributed by atoms with van der Waals surface area (Å²) >= 11 is 0. The number of unbranched alkanes of at least 4 members (excludes halogenated alkanes) is 30. The van der Waals surface area contributed by atoms with Gasteiger partial charge < -0.3 is 4.74 Å². The lowest BCUT2D eigenvalue weighted by Crippen LogP contribution is -2.26. The molecule has 0 saturated heterocycles. The average Bonchev–Trinajstić information content (AvgIpc) is 3.04. The van der Waals surface area contributed by atoms with Crippen LogP contribution in [0.25, 0.3) is 0 Å². The normalized spacial score (nSPS) is 12.1. The number of hydrogen-bond acceptors (Lipinski definition) is 3. The zero-order valence-electron chi connectivity index (χ0n) is 31.3. The molecule has 3 heteroatoms. The number of ketones is 1. The second-order valence-electron chi connectivity index (χ2n) is 14.3. The largest absolute Gasteiger partial charge is 0.465 e. The van der Waals surface area contributed by atoms with Gasteiger partial charge in [0.1, 0.15) is 11.7 Å². The average molecular weight is 635 g/mol. The highest BCUT2D eigenvalue weighted by atomic mass is 16.5. The molecule has 45 heavy (non-hydrogen) atoms. The van der Waals surface area contributed by atoms with Gasteiger partial charge in [-0.1, -0.05) is 220 Å². The van der Waals surface area contributed by atoms with E-state index >= 15 is 0 Å². The molecule has 0 aliphatic heterocycles. The predicted molar refractivity (Wildman–Crippen MR) is 198 cm³/mol. The lowest BCUT2D eigenvalue weighted by Gasteiger charge is -2.15. The molecule has 0 N–H and O–H groups in total. The Balaban J connectivity index is 4.03. The molecule has 0 aromatic carbocycles. The predicted octanol–water partition coefficient (Wildman–Crippen LogP) is 14.4. The molecular weight excluding hydrogens is 552 g/mol. The van der Waals surface area contributed by atoms with Crippen LogP contribution < -0.4 is 0 Å². The van der Waals surface area contributed by atoms with Crippen LogP contribution in [0.3, 0.4) is 0 Å². The molecule has 0 heterocycles. The van der Waals surface area contributed by atoms with E-state index in [1.165, 1.54) is 173 Å². The Labute approximate surface area is 283 Å². The van der Waals surface area contributed by atoms with E-state index in [4.69, 9.17) is 4.74 Å². The van der Waals surface area contributed by atoms with Gasteiger partial charge in [-0.2, -0.15) is 0 Å². The van der Waals surface area contributed by atoms with E-state index < -0.39 is 5.92 Å². The highest BCUT2D eigenvalue weighted by Gasteiger charge is 2.27. The monoisotopic (exact) mass is 635 g/mol. The summed E-state index contributed by atoms with van der Waals surface area (Å²) in [6.07, 6.45) is 43.8. The number of rotatable bonds is 38. The van der Waals surface area contributed by atoms with Gasteiger partial charge >= 0.3 is 5.97 Å². The Morgan fingerprint density at radius 1 is 0.378 bits per heavy atom. The maximum atomic E-state index is 13.0. The Kier molecular flexibility index (Phi) is 36.9. The first-order valence-corrected chi connectivity index (χ1v) is 20.9. The molecule has 1 unspecified atom stereocenters. The summed E-state index contributed by atoms with van der Waals surface area (Å²) in [5, 5.41) is 0. The van der Waals surface area contributed by atoms with Crippen LogP contribution in [0.1, 0.15) is 245 Å². The summed E-state index contributed by atoms with van der Waals surface area (Å²) < 4.78 is 5.69. The Morgan fingerprint density at radius 3 is 1.02 bits per heavy atom. The van der Waals surface area contributed by atoms with Crippen molar-refractivity contribution in [1.82, 2.24) is 0 Å². The minimum absolute atomic E-state index is 0.132. The quantitative estimate of drug-likeness (QED) is 0.0385. The minimum Gasteiger partial charge on any atom is -0.465 e. The molecular formula is C42H82O3. The molecule has 0 aromatic heterocycles. The third-order valence-electron chi connectivity index (χ3n) is 9.79. The number of esters is 1. The van der Waals surface area contributed by atoms with Gasteiger partial charge in [-0.3, -0.25) is 9.59 Å². The van der Waals surface area contributed by atoms with E-state index in [1.54, 1.807) is 0 Å². The number of carbonyl (C=O) groups is 2. The van der Waals surface area contributed by atoms with E-state index in [-0.39, 0.29) is 11.8 Å². The van der Waals surface area contributed by atoms with Gasteiger partial charge in [-0.15, -0.1) is 0 Å². The molecule has 0 amide bonds. The second-order valence-corrected chi connectivity index (χ2v) is 14.3. The lowest BCUT2D eigenvalue weighted by atomic mass is 9.93. The van der Waals surface area contributed by atoms with Crippen molar-refractivity contribution in [1.29, 1.82) is 0 Å². The van der Waals surface area contributed by atoms with E-state index in [1.807, 2.05) is 0 Å². The summed E-state index contributed by atoms with van der Waals surface area (Å²) in [6, 6.07) is 0. The van der Waals surface area contributed by atoms with Crippen LogP contribution in [-0.4, -0.2) is 18.4 Å². The number of ether oxygens (including phenoxy) is 1. The lowest BCUT2D eigenvalue weighted by molar-refractivity contribution is -0.152. The maximum Gasteiger partial charge on any atom is 0.316 e. The first kappa shape index (κ1) is 44.1. The first-order valence-electron chi connectivity index (χ1n) is 20.9. The van der Waals surface area contributed by atoms with Gasteiger partial charge in [0.15, 0.2) is 0 Å². The van der Waals surface area contributed by atoms with E-state index in [9.17, 15) is 9.59 Å². The number of Topliss-reactive ketones (excluding diaryl/α,β-unsaturated/α-hetero) is 1. The van der Waals surface area contributed by atoms with Gasteiger partial charge in [0, 0.05) is 6.42 Å². The molecule has 1 atom stereocenters. The second kappa shape index (κ2) is 37.6. The van der Waals surface area contributed by atoms with Crippen molar-refractivity contribution in [3.05, 3.63) is 0 Å². The van der Waals surface area contributed by atoms with Crippen LogP contribution in [-0.2, 0) is 14.3 Å². The van der Waals surface area contributed by atoms with E-state index in [0.29, 0.717) is 19.4 Å². The van der Waals surface area contributed by atoms with Crippen LogP contribution in [0.2, 0.25) is 0 Å². The van der Waals surface area contributed by atoms with Crippen molar-refractivity contribution in [2.75, 3.05) is 6.61 Å². The van der Waals surface area contributed by atoms with Gasteiger partial charge in [-0.25, -0.2) is 0 Å². The zero-order valence-corrected chi connectivity index (χ0v) is 31.3. The molecule has 0 radical (unpaired) electrons. The third kappa shape index (κ3) is 32.9. The van der Waals surface area contributed by atoms with Gasteiger partial charge in [0.2, 0.25) is 0 Å². The van der Waals surface area contributed by atoms with Gasteiger partial charge in [0.25, 0.3) is 0 Å². The highest BCUT2D eigenvalue weighted by molar-refractivity contribution is 5.98. The molecule has 0 aliphatic carbocycles. The molecule has 0 rings (SSSR count). The van der Waals surface area contributed by atoms with Gasteiger partial charge in [0.05, 0.1) is 6.61 Å². The van der Waals surface area contributed by atoms with E-state index in [0.717, 1.165) is 38.5 Å². The van der Waals surface area contributed by atoms with Crippen molar-refractivity contribution >= 4 is 11.8 Å². The summed E-state index contributed by atoms with van der Waals surface area (Å²) in [6.45, 7) is 7.26. The number of carbonyl (C=O) groups excluding carboxylic acids is 2. The fourth-order valence-corrected chi connectivity index (χ4v) is 6.60. The molecule has 0 aromatic rings. The Morgan fingerprint density at radius 2 is 0.667 bits per heavy atom. The smallest absolute Gasteiger partial charge is 0.316 e.